The van der Waals surface area contributed by atoms with E-state index in [2.05, 4.69) is 26.3 Å². The lowest BCUT2D eigenvalue weighted by molar-refractivity contribution is 0.0952. The molecule has 8 nitrogen and oxygen atoms in total. The molecule has 3 N–H and O–H groups in total. The quantitative estimate of drug-likeness (QED) is 0.365. The Kier molecular flexibility index (Phi) is 6.00. The van der Waals surface area contributed by atoms with E-state index in [1.165, 1.54) is 0 Å². The van der Waals surface area contributed by atoms with Gasteiger partial charge in [0.15, 0.2) is 5.69 Å². The van der Waals surface area contributed by atoms with Gasteiger partial charge in [-0.15, -0.1) is 0 Å². The van der Waals surface area contributed by atoms with Gasteiger partial charge in [-0.1, -0.05) is 17.7 Å². The van der Waals surface area contributed by atoms with Gasteiger partial charge in [0.1, 0.15) is 11.9 Å². The lowest BCUT2D eigenvalue weighted by atomic mass is 10.1. The number of hydrogen-bond acceptors (Lipinski definition) is 6. The molecule has 0 aliphatic rings. The zero-order valence-corrected chi connectivity index (χ0v) is 20.5. The summed E-state index contributed by atoms with van der Waals surface area (Å²) in [4.78, 5) is 26.2. The topological polar surface area (TPSA) is 123 Å². The highest BCUT2D eigenvalue weighted by Gasteiger charge is 2.20. The first-order valence-corrected chi connectivity index (χ1v) is 11.6. The van der Waals surface area contributed by atoms with Crippen molar-refractivity contribution >= 4 is 45.1 Å². The van der Waals surface area contributed by atoms with Gasteiger partial charge in [-0.05, 0) is 60.9 Å². The van der Waals surface area contributed by atoms with Gasteiger partial charge in [0.05, 0.1) is 21.6 Å². The molecule has 0 spiro atoms. The maximum Gasteiger partial charge on any atom is 0.253 e. The van der Waals surface area contributed by atoms with Crippen LogP contribution in [0.2, 0.25) is 5.02 Å². The van der Waals surface area contributed by atoms with Crippen LogP contribution in [0.5, 0.6) is 0 Å². The largest absolute Gasteiger partial charge is 0.384 e. The van der Waals surface area contributed by atoms with E-state index in [1.807, 2.05) is 48.7 Å². The molecule has 1 aromatic carbocycles. The standard InChI is InChI=1S/C27H22ClN7O/c1-15-7-25(30)34-16(2)20(15)12-33-27(36)21-14-35(24-5-6-31-23(10-29)26(21)24)13-17-3-4-22-18(8-17)9-19(28)11-32-22/h3-9,11,14H,12-13H2,1-2H3,(H2,30,34)(H,33,36). The van der Waals surface area contributed by atoms with Crippen molar-refractivity contribution in [2.24, 2.45) is 0 Å². The van der Waals surface area contributed by atoms with E-state index in [0.29, 0.717) is 28.3 Å². The molecular formula is C27H22ClN7O. The molecule has 0 fully saturated rings. The van der Waals surface area contributed by atoms with Crippen molar-refractivity contribution in [2.45, 2.75) is 26.9 Å². The van der Waals surface area contributed by atoms with Crippen LogP contribution in [0, 0.1) is 25.2 Å². The van der Waals surface area contributed by atoms with E-state index in [1.54, 1.807) is 24.7 Å². The van der Waals surface area contributed by atoms with Crippen molar-refractivity contribution in [3.05, 3.63) is 93.7 Å². The highest BCUT2D eigenvalue weighted by molar-refractivity contribution is 6.31. The molecular weight excluding hydrogens is 474 g/mol. The number of aromatic nitrogens is 4. The van der Waals surface area contributed by atoms with E-state index < -0.39 is 0 Å². The van der Waals surface area contributed by atoms with Gasteiger partial charge in [-0.2, -0.15) is 5.26 Å². The van der Waals surface area contributed by atoms with Crippen LogP contribution in [0.25, 0.3) is 21.8 Å². The summed E-state index contributed by atoms with van der Waals surface area (Å²) in [5.74, 6) is 0.146. The number of fused-ring (bicyclic) bond motifs is 2. The summed E-state index contributed by atoms with van der Waals surface area (Å²) in [5, 5.41) is 14.7. The second-order valence-corrected chi connectivity index (χ2v) is 9.06. The number of anilines is 1. The molecule has 0 atom stereocenters. The fraction of sp³-hybridized carbons (Fsp3) is 0.148. The summed E-state index contributed by atoms with van der Waals surface area (Å²) < 4.78 is 1.95. The van der Waals surface area contributed by atoms with E-state index >= 15 is 0 Å². The van der Waals surface area contributed by atoms with Crippen molar-refractivity contribution < 1.29 is 4.79 Å². The number of hydrogen-bond donors (Lipinski definition) is 2. The number of benzene rings is 1. The second kappa shape index (κ2) is 9.29. The predicted octanol–water partition coefficient (Wildman–Crippen LogP) is 4.68. The molecule has 5 aromatic rings. The van der Waals surface area contributed by atoms with Crippen LogP contribution in [0.15, 0.2) is 55.0 Å². The van der Waals surface area contributed by atoms with Crippen LogP contribution in [0.3, 0.4) is 0 Å². The summed E-state index contributed by atoms with van der Waals surface area (Å²) in [6.07, 6.45) is 4.97. The molecule has 4 aromatic heterocycles. The first-order chi connectivity index (χ1) is 17.3. The fourth-order valence-electron chi connectivity index (χ4n) is 4.50. The molecule has 36 heavy (non-hydrogen) atoms. The van der Waals surface area contributed by atoms with Crippen LogP contribution in [-0.4, -0.2) is 25.4 Å². The van der Waals surface area contributed by atoms with Crippen molar-refractivity contribution in [2.75, 3.05) is 5.73 Å². The number of nitrogens with one attached hydrogen (secondary N) is 1. The van der Waals surface area contributed by atoms with Gasteiger partial charge in [-0.3, -0.25) is 9.78 Å². The van der Waals surface area contributed by atoms with Crippen molar-refractivity contribution in [1.82, 2.24) is 24.8 Å². The summed E-state index contributed by atoms with van der Waals surface area (Å²) in [6.45, 7) is 4.57. The maximum atomic E-state index is 13.3. The average Bonchev–Trinajstić information content (AvgIpc) is 3.21. The number of amides is 1. The normalized spacial score (nSPS) is 11.1. The second-order valence-electron chi connectivity index (χ2n) is 8.63. The molecule has 0 saturated carbocycles. The van der Waals surface area contributed by atoms with Crippen LogP contribution >= 0.6 is 11.6 Å². The lowest BCUT2D eigenvalue weighted by Gasteiger charge is -2.11. The number of nitrogens with two attached hydrogens (primary N) is 1. The minimum absolute atomic E-state index is 0.201. The van der Waals surface area contributed by atoms with E-state index in [0.717, 1.165) is 38.8 Å². The van der Waals surface area contributed by atoms with E-state index in [4.69, 9.17) is 17.3 Å². The molecule has 178 valence electrons. The number of carbonyl (C=O) groups excluding carboxylic acids is 1. The molecule has 9 heteroatoms. The van der Waals surface area contributed by atoms with Crippen LogP contribution < -0.4 is 11.1 Å². The van der Waals surface area contributed by atoms with Gasteiger partial charge < -0.3 is 15.6 Å². The molecule has 0 bridgehead atoms. The predicted molar refractivity (Wildman–Crippen MR) is 140 cm³/mol. The molecule has 0 saturated heterocycles. The Bertz CT molecular complexity index is 1680. The van der Waals surface area contributed by atoms with Crippen LogP contribution in [0.1, 0.15) is 38.4 Å². The molecule has 0 unspecified atom stereocenters. The Balaban J connectivity index is 1.51. The lowest BCUT2D eigenvalue weighted by Crippen LogP contribution is -2.24. The summed E-state index contributed by atoms with van der Waals surface area (Å²) in [7, 11) is 0. The third-order valence-electron chi connectivity index (χ3n) is 6.21. The number of pyridine rings is 3. The molecule has 0 radical (unpaired) electrons. The minimum atomic E-state index is -0.298. The molecule has 4 heterocycles. The van der Waals surface area contributed by atoms with Gasteiger partial charge in [0.2, 0.25) is 0 Å². The number of nitriles is 1. The molecule has 0 aliphatic heterocycles. The molecule has 0 aliphatic carbocycles. The minimum Gasteiger partial charge on any atom is -0.384 e. The molecule has 5 rings (SSSR count). The molecule has 1 amide bonds. The van der Waals surface area contributed by atoms with Crippen molar-refractivity contribution in [3.8, 4) is 6.07 Å². The van der Waals surface area contributed by atoms with Crippen LogP contribution in [0.4, 0.5) is 5.82 Å². The third kappa shape index (κ3) is 4.32. The average molecular weight is 496 g/mol. The fourth-order valence-corrected chi connectivity index (χ4v) is 4.67. The SMILES string of the molecule is Cc1cc(N)nc(C)c1CNC(=O)c1cn(Cc2ccc3ncc(Cl)cc3c2)c2ccnc(C#N)c12. The summed E-state index contributed by atoms with van der Waals surface area (Å²) in [6, 6.07) is 13.5. The van der Waals surface area contributed by atoms with Gasteiger partial charge in [0, 0.05) is 48.1 Å². The zero-order valence-electron chi connectivity index (χ0n) is 19.7. The summed E-state index contributed by atoms with van der Waals surface area (Å²) >= 11 is 6.12. The third-order valence-corrected chi connectivity index (χ3v) is 6.41. The Morgan fingerprint density at radius 3 is 2.81 bits per heavy atom. The Morgan fingerprint density at radius 2 is 2.03 bits per heavy atom. The van der Waals surface area contributed by atoms with E-state index in [-0.39, 0.29) is 18.1 Å². The number of carbonyl (C=O) groups is 1. The number of nitrogen functional groups attached to an aromatic ring is 1. The maximum absolute atomic E-state index is 13.3. The van der Waals surface area contributed by atoms with Crippen molar-refractivity contribution in [1.29, 1.82) is 5.26 Å². The first kappa shape index (κ1) is 23.3. The monoisotopic (exact) mass is 495 g/mol. The Labute approximate surface area is 212 Å². The van der Waals surface area contributed by atoms with Gasteiger partial charge in [0.25, 0.3) is 5.91 Å². The van der Waals surface area contributed by atoms with Crippen LogP contribution in [-0.2, 0) is 13.1 Å². The first-order valence-electron chi connectivity index (χ1n) is 11.3. The highest BCUT2D eigenvalue weighted by Crippen LogP contribution is 2.26. The van der Waals surface area contributed by atoms with Gasteiger partial charge >= 0.3 is 0 Å². The summed E-state index contributed by atoms with van der Waals surface area (Å²) in [5.41, 5.74) is 11.6. The number of halogens is 1. The Morgan fingerprint density at radius 1 is 1.19 bits per heavy atom. The zero-order chi connectivity index (χ0) is 25.4. The number of rotatable bonds is 5. The Hall–Kier alpha value is -4.48. The smallest absolute Gasteiger partial charge is 0.253 e. The number of aryl methyl sites for hydroxylation is 2. The van der Waals surface area contributed by atoms with Crippen molar-refractivity contribution in [3.63, 3.8) is 0 Å². The highest BCUT2D eigenvalue weighted by atomic mass is 35.5. The van der Waals surface area contributed by atoms with E-state index in [9.17, 15) is 10.1 Å². The number of nitrogens with zero attached hydrogens (tertiary/aromatic N) is 5. The van der Waals surface area contributed by atoms with Gasteiger partial charge in [-0.25, -0.2) is 9.97 Å².